The van der Waals surface area contributed by atoms with E-state index in [0.717, 1.165) is 29.6 Å². The van der Waals surface area contributed by atoms with Gasteiger partial charge < -0.3 is 10.6 Å². The van der Waals surface area contributed by atoms with Gasteiger partial charge in [0.25, 0.3) is 0 Å². The second-order valence-corrected chi connectivity index (χ2v) is 7.29. The zero-order valence-corrected chi connectivity index (χ0v) is 12.3. The Morgan fingerprint density at radius 1 is 1.16 bits per heavy atom. The number of hydrogen-bond donors (Lipinski definition) is 1. The third-order valence-electron chi connectivity index (χ3n) is 6.22. The van der Waals surface area contributed by atoms with E-state index in [4.69, 9.17) is 5.73 Å². The molecule has 4 rings (SSSR count). The third kappa shape index (κ3) is 2.31. The van der Waals surface area contributed by atoms with E-state index in [1.165, 1.54) is 32.1 Å². The van der Waals surface area contributed by atoms with Crippen molar-refractivity contribution < 1.29 is 4.79 Å². The van der Waals surface area contributed by atoms with Gasteiger partial charge in [0.2, 0.25) is 5.91 Å². The maximum Gasteiger partial charge on any atom is 0.223 e. The summed E-state index contributed by atoms with van der Waals surface area (Å²) in [6, 6.07) is 0.397. The van der Waals surface area contributed by atoms with Crippen LogP contribution in [0.15, 0.2) is 0 Å². The molecule has 1 amide bonds. The SMILES string of the molecule is CC(C1C2CC3CC(C2)CC1C3)N(C)C(=O)CCN. The predicted molar refractivity (Wildman–Crippen MR) is 76.4 cm³/mol. The number of carbonyl (C=O) groups excluding carboxylic acids is 1. The monoisotopic (exact) mass is 264 g/mol. The first kappa shape index (κ1) is 13.4. The summed E-state index contributed by atoms with van der Waals surface area (Å²) in [5, 5.41) is 0. The Morgan fingerprint density at radius 3 is 2.16 bits per heavy atom. The van der Waals surface area contributed by atoms with Crippen molar-refractivity contribution in [2.75, 3.05) is 13.6 Å². The molecular weight excluding hydrogens is 236 g/mol. The fourth-order valence-corrected chi connectivity index (χ4v) is 5.54. The van der Waals surface area contributed by atoms with Crippen LogP contribution in [0.4, 0.5) is 0 Å². The zero-order valence-electron chi connectivity index (χ0n) is 12.3. The van der Waals surface area contributed by atoms with E-state index in [-0.39, 0.29) is 5.91 Å². The van der Waals surface area contributed by atoms with E-state index in [1.807, 2.05) is 11.9 Å². The number of carbonyl (C=O) groups is 1. The Balaban J connectivity index is 1.70. The number of rotatable bonds is 4. The van der Waals surface area contributed by atoms with E-state index < -0.39 is 0 Å². The van der Waals surface area contributed by atoms with Crippen LogP contribution in [0.2, 0.25) is 0 Å². The van der Waals surface area contributed by atoms with Gasteiger partial charge >= 0.3 is 0 Å². The minimum absolute atomic E-state index is 0.226. The maximum absolute atomic E-state index is 12.1. The normalized spacial score (nSPS) is 41.3. The lowest BCUT2D eigenvalue weighted by Crippen LogP contribution is -2.53. The number of nitrogens with two attached hydrogens (primary N) is 1. The highest BCUT2D eigenvalue weighted by Gasteiger charge is 2.50. The van der Waals surface area contributed by atoms with Gasteiger partial charge in [-0.1, -0.05) is 0 Å². The highest BCUT2D eigenvalue weighted by Crippen LogP contribution is 2.57. The summed E-state index contributed by atoms with van der Waals surface area (Å²) in [5.41, 5.74) is 5.51. The Bertz CT molecular complexity index is 327. The average Bonchev–Trinajstić information content (AvgIpc) is 2.36. The minimum Gasteiger partial charge on any atom is -0.343 e. The van der Waals surface area contributed by atoms with Crippen LogP contribution in [-0.2, 0) is 4.79 Å². The van der Waals surface area contributed by atoms with Gasteiger partial charge in [-0.3, -0.25) is 4.79 Å². The Kier molecular flexibility index (Phi) is 3.59. The Morgan fingerprint density at radius 2 is 1.68 bits per heavy atom. The van der Waals surface area contributed by atoms with Gasteiger partial charge in [-0.05, 0) is 68.6 Å². The van der Waals surface area contributed by atoms with Gasteiger partial charge in [0.1, 0.15) is 0 Å². The van der Waals surface area contributed by atoms with Crippen molar-refractivity contribution in [3.05, 3.63) is 0 Å². The number of amides is 1. The van der Waals surface area contributed by atoms with Crippen LogP contribution < -0.4 is 5.73 Å². The van der Waals surface area contributed by atoms with Crippen molar-refractivity contribution in [1.29, 1.82) is 0 Å². The lowest BCUT2D eigenvalue weighted by atomic mass is 9.50. The second kappa shape index (κ2) is 5.08. The van der Waals surface area contributed by atoms with Crippen LogP contribution in [-0.4, -0.2) is 30.4 Å². The van der Waals surface area contributed by atoms with E-state index >= 15 is 0 Å². The van der Waals surface area contributed by atoms with Crippen molar-refractivity contribution >= 4 is 5.91 Å². The summed E-state index contributed by atoms with van der Waals surface area (Å²) in [4.78, 5) is 14.1. The zero-order chi connectivity index (χ0) is 13.6. The molecule has 4 aliphatic rings. The molecule has 3 nitrogen and oxygen atoms in total. The molecule has 108 valence electrons. The molecule has 3 heteroatoms. The summed E-state index contributed by atoms with van der Waals surface area (Å²) in [7, 11) is 1.98. The molecule has 0 heterocycles. The van der Waals surface area contributed by atoms with Crippen LogP contribution in [0, 0.1) is 29.6 Å². The summed E-state index contributed by atoms with van der Waals surface area (Å²) in [6.45, 7) is 2.74. The van der Waals surface area contributed by atoms with Crippen LogP contribution in [0.25, 0.3) is 0 Å². The minimum atomic E-state index is 0.226. The fraction of sp³-hybridized carbons (Fsp3) is 0.938. The van der Waals surface area contributed by atoms with Gasteiger partial charge in [0.15, 0.2) is 0 Å². The van der Waals surface area contributed by atoms with Gasteiger partial charge in [0.05, 0.1) is 0 Å². The molecule has 1 unspecified atom stereocenters. The van der Waals surface area contributed by atoms with E-state index in [2.05, 4.69) is 6.92 Å². The van der Waals surface area contributed by atoms with Crippen LogP contribution in [0.5, 0.6) is 0 Å². The summed E-state index contributed by atoms with van der Waals surface area (Å²) < 4.78 is 0. The van der Waals surface area contributed by atoms with Crippen molar-refractivity contribution in [3.63, 3.8) is 0 Å². The third-order valence-corrected chi connectivity index (χ3v) is 6.22. The highest BCUT2D eigenvalue weighted by atomic mass is 16.2. The predicted octanol–water partition coefficient (Wildman–Crippen LogP) is 2.25. The molecule has 4 aliphatic carbocycles. The van der Waals surface area contributed by atoms with Crippen molar-refractivity contribution in [3.8, 4) is 0 Å². The second-order valence-electron chi connectivity index (χ2n) is 7.29. The fourth-order valence-electron chi connectivity index (χ4n) is 5.54. The van der Waals surface area contributed by atoms with Crippen LogP contribution in [0.3, 0.4) is 0 Å². The molecular formula is C16H28N2O. The first-order chi connectivity index (χ1) is 9.10. The molecule has 0 saturated heterocycles. The van der Waals surface area contributed by atoms with Crippen molar-refractivity contribution in [2.45, 2.75) is 51.5 Å². The van der Waals surface area contributed by atoms with Crippen molar-refractivity contribution in [2.24, 2.45) is 35.3 Å². The van der Waals surface area contributed by atoms with Crippen molar-refractivity contribution in [1.82, 2.24) is 4.90 Å². The number of nitrogens with zero attached hydrogens (tertiary/aromatic N) is 1. The first-order valence-corrected chi connectivity index (χ1v) is 8.05. The molecule has 4 fully saturated rings. The average molecular weight is 264 g/mol. The number of hydrogen-bond acceptors (Lipinski definition) is 2. The molecule has 0 aromatic carbocycles. The van der Waals surface area contributed by atoms with Gasteiger partial charge in [-0.2, -0.15) is 0 Å². The largest absolute Gasteiger partial charge is 0.343 e. The van der Waals surface area contributed by atoms with Gasteiger partial charge in [-0.25, -0.2) is 0 Å². The molecule has 0 aliphatic heterocycles. The lowest BCUT2D eigenvalue weighted by Gasteiger charge is -2.57. The molecule has 0 spiro atoms. The standard InChI is InChI=1S/C16H28N2O/c1-10(18(2)15(19)3-4-17)16-13-6-11-5-12(8-13)9-14(16)7-11/h10-14,16H,3-9,17H2,1-2H3. The Hall–Kier alpha value is -0.570. The molecule has 2 N–H and O–H groups in total. The van der Waals surface area contributed by atoms with Gasteiger partial charge in [-0.15, -0.1) is 0 Å². The molecule has 0 aromatic heterocycles. The molecule has 0 aromatic rings. The van der Waals surface area contributed by atoms with Crippen LogP contribution >= 0.6 is 0 Å². The lowest BCUT2D eigenvalue weighted by molar-refractivity contribution is -0.136. The highest BCUT2D eigenvalue weighted by molar-refractivity contribution is 5.76. The summed E-state index contributed by atoms with van der Waals surface area (Å²) in [5.74, 6) is 4.77. The van der Waals surface area contributed by atoms with E-state index in [0.29, 0.717) is 19.0 Å². The molecule has 0 radical (unpaired) electrons. The molecule has 1 atom stereocenters. The molecule has 19 heavy (non-hydrogen) atoms. The maximum atomic E-state index is 12.1. The van der Waals surface area contributed by atoms with Crippen LogP contribution in [0.1, 0.15) is 45.4 Å². The first-order valence-electron chi connectivity index (χ1n) is 8.05. The summed E-state index contributed by atoms with van der Waals surface area (Å²) >= 11 is 0. The summed E-state index contributed by atoms with van der Waals surface area (Å²) in [6.07, 6.45) is 7.72. The van der Waals surface area contributed by atoms with Gasteiger partial charge in [0, 0.05) is 26.1 Å². The molecule has 4 saturated carbocycles. The van der Waals surface area contributed by atoms with E-state index in [1.54, 1.807) is 0 Å². The molecule has 4 bridgehead atoms. The quantitative estimate of drug-likeness (QED) is 0.846. The topological polar surface area (TPSA) is 46.3 Å². The van der Waals surface area contributed by atoms with E-state index in [9.17, 15) is 4.79 Å². The smallest absolute Gasteiger partial charge is 0.223 e. The Labute approximate surface area is 116 Å².